The van der Waals surface area contributed by atoms with E-state index in [0.29, 0.717) is 0 Å². The summed E-state index contributed by atoms with van der Waals surface area (Å²) < 4.78 is 0. The quantitative estimate of drug-likeness (QED) is 0.864. The molecule has 4 rings (SSSR count). The molecule has 0 radical (unpaired) electrons. The minimum atomic E-state index is -0.409. The molecule has 0 aromatic heterocycles. The third-order valence-corrected chi connectivity index (χ3v) is 5.97. The smallest absolute Gasteiger partial charge is 0.238 e. The summed E-state index contributed by atoms with van der Waals surface area (Å²) in [6.07, 6.45) is 2.63. The second-order valence-corrected chi connectivity index (χ2v) is 7.83. The lowest BCUT2D eigenvalue weighted by Gasteiger charge is -2.23. The van der Waals surface area contributed by atoms with Gasteiger partial charge in [0.25, 0.3) is 0 Å². The summed E-state index contributed by atoms with van der Waals surface area (Å²) in [4.78, 5) is 27.9. The van der Waals surface area contributed by atoms with Crippen molar-refractivity contribution in [3.63, 3.8) is 0 Å². The van der Waals surface area contributed by atoms with Gasteiger partial charge in [-0.05, 0) is 49.2 Å². The van der Waals surface area contributed by atoms with Gasteiger partial charge in [0.05, 0.1) is 10.9 Å². The van der Waals surface area contributed by atoms with Crippen LogP contribution in [0, 0.1) is 0 Å². The summed E-state index contributed by atoms with van der Waals surface area (Å²) in [7, 11) is 0. The van der Waals surface area contributed by atoms with E-state index in [9.17, 15) is 9.59 Å². The summed E-state index contributed by atoms with van der Waals surface area (Å²) in [5, 5.41) is 5.36. The molecule has 1 saturated heterocycles. The Labute approximate surface area is 157 Å². The molecule has 5 nitrogen and oxygen atoms in total. The lowest BCUT2D eigenvalue weighted by Crippen LogP contribution is -2.32. The summed E-state index contributed by atoms with van der Waals surface area (Å²) in [6.45, 7) is 2.20. The predicted molar refractivity (Wildman–Crippen MR) is 106 cm³/mol. The number of benzene rings is 2. The molecule has 2 aromatic rings. The van der Waals surface area contributed by atoms with Gasteiger partial charge in [-0.25, -0.2) is 0 Å². The molecular weight excluding hydrogens is 346 g/mol. The normalized spacial score (nSPS) is 19.0. The lowest BCUT2D eigenvalue weighted by atomic mass is 10.2. The molecule has 1 atom stereocenters. The molecule has 2 aliphatic heterocycles. The van der Waals surface area contributed by atoms with E-state index in [-0.39, 0.29) is 18.2 Å². The first kappa shape index (κ1) is 17.0. The van der Waals surface area contributed by atoms with Crippen molar-refractivity contribution < 1.29 is 9.59 Å². The van der Waals surface area contributed by atoms with Gasteiger partial charge in [-0.3, -0.25) is 9.59 Å². The number of hydrogen-bond donors (Lipinski definition) is 2. The molecule has 2 aliphatic rings. The highest BCUT2D eigenvalue weighted by Gasteiger charge is 2.28. The molecule has 0 saturated carbocycles. The van der Waals surface area contributed by atoms with Crippen molar-refractivity contribution in [2.75, 3.05) is 28.6 Å². The van der Waals surface area contributed by atoms with Gasteiger partial charge in [0.2, 0.25) is 11.8 Å². The minimum Gasteiger partial charge on any atom is -0.372 e. The van der Waals surface area contributed by atoms with Crippen molar-refractivity contribution >= 4 is 40.6 Å². The van der Waals surface area contributed by atoms with Crippen LogP contribution in [0.15, 0.2) is 53.4 Å². The van der Waals surface area contributed by atoms with Gasteiger partial charge in [0.15, 0.2) is 0 Å². The molecular formula is C20H21N3O2S. The zero-order valence-electron chi connectivity index (χ0n) is 14.4. The fourth-order valence-electron chi connectivity index (χ4n) is 3.34. The number of fused-ring (bicyclic) bond motifs is 1. The van der Waals surface area contributed by atoms with Gasteiger partial charge in [-0.2, -0.15) is 0 Å². The van der Waals surface area contributed by atoms with Crippen LogP contribution in [-0.4, -0.2) is 30.2 Å². The Morgan fingerprint density at radius 2 is 1.85 bits per heavy atom. The Balaban J connectivity index is 1.36. The summed E-state index contributed by atoms with van der Waals surface area (Å²) in [5.74, 6) is -0.265. The number of carbonyl (C=O) groups is 2. The Morgan fingerprint density at radius 3 is 2.62 bits per heavy atom. The summed E-state index contributed by atoms with van der Waals surface area (Å²) >= 11 is 1.44. The second-order valence-electron chi connectivity index (χ2n) is 6.59. The molecule has 2 amide bonds. The van der Waals surface area contributed by atoms with Gasteiger partial charge in [-0.15, -0.1) is 11.8 Å². The van der Waals surface area contributed by atoms with E-state index in [4.69, 9.17) is 0 Å². The molecule has 1 unspecified atom stereocenters. The minimum absolute atomic E-state index is 0.117. The van der Waals surface area contributed by atoms with Crippen LogP contribution in [0.25, 0.3) is 0 Å². The maximum atomic E-state index is 12.4. The highest BCUT2D eigenvalue weighted by atomic mass is 32.2. The maximum Gasteiger partial charge on any atom is 0.238 e. The van der Waals surface area contributed by atoms with Crippen LogP contribution < -0.4 is 15.5 Å². The van der Waals surface area contributed by atoms with Crippen molar-refractivity contribution in [1.82, 2.24) is 0 Å². The number of anilines is 3. The highest BCUT2D eigenvalue weighted by molar-refractivity contribution is 8.01. The molecule has 6 heteroatoms. The first-order chi connectivity index (χ1) is 12.7. The zero-order valence-corrected chi connectivity index (χ0v) is 15.2. The van der Waals surface area contributed by atoms with Crippen LogP contribution in [-0.2, 0) is 9.59 Å². The van der Waals surface area contributed by atoms with Crippen molar-refractivity contribution in [2.45, 2.75) is 29.4 Å². The monoisotopic (exact) mass is 367 g/mol. The maximum absolute atomic E-state index is 12.4. The predicted octanol–water partition coefficient (Wildman–Crippen LogP) is 3.73. The van der Waals surface area contributed by atoms with Crippen molar-refractivity contribution in [3.05, 3.63) is 48.5 Å². The Kier molecular flexibility index (Phi) is 4.84. The van der Waals surface area contributed by atoms with Crippen LogP contribution in [0.2, 0.25) is 0 Å². The number of para-hydroxylation sites is 1. The average molecular weight is 367 g/mol. The van der Waals surface area contributed by atoms with Crippen LogP contribution in [0.5, 0.6) is 0 Å². The standard InChI is InChI=1S/C20H21N3O2S/c24-19(13-18-20(25)22-16-5-1-2-6-17(16)26-18)21-14-7-9-15(10-8-14)23-11-3-4-12-23/h1-2,5-10,18H,3-4,11-13H2,(H,21,24)(H,22,25). The molecule has 0 bridgehead atoms. The molecule has 1 fully saturated rings. The SMILES string of the molecule is O=C(CC1Sc2ccccc2NC1=O)Nc1ccc(N2CCCC2)cc1. The van der Waals surface area contributed by atoms with E-state index in [0.717, 1.165) is 29.4 Å². The molecule has 2 heterocycles. The van der Waals surface area contributed by atoms with E-state index < -0.39 is 5.25 Å². The number of nitrogens with one attached hydrogen (secondary N) is 2. The number of amides is 2. The fourth-order valence-corrected chi connectivity index (χ4v) is 4.45. The number of hydrogen-bond acceptors (Lipinski definition) is 4. The number of nitrogens with zero attached hydrogens (tertiary/aromatic N) is 1. The van der Waals surface area contributed by atoms with Gasteiger partial charge < -0.3 is 15.5 Å². The third-order valence-electron chi connectivity index (χ3n) is 4.70. The molecule has 2 N–H and O–H groups in total. The summed E-state index contributed by atoms with van der Waals surface area (Å²) in [6, 6.07) is 15.6. The van der Waals surface area contributed by atoms with Crippen LogP contribution in [0.3, 0.4) is 0 Å². The Morgan fingerprint density at radius 1 is 1.12 bits per heavy atom. The first-order valence-corrected chi connectivity index (χ1v) is 9.78. The van der Waals surface area contributed by atoms with E-state index >= 15 is 0 Å². The molecule has 134 valence electrons. The fraction of sp³-hybridized carbons (Fsp3) is 0.300. The molecule has 0 aliphatic carbocycles. The van der Waals surface area contributed by atoms with Gasteiger partial charge >= 0.3 is 0 Å². The molecule has 2 aromatic carbocycles. The zero-order chi connectivity index (χ0) is 17.9. The molecule has 0 spiro atoms. The third kappa shape index (κ3) is 3.70. The average Bonchev–Trinajstić information content (AvgIpc) is 3.17. The van der Waals surface area contributed by atoms with Crippen molar-refractivity contribution in [1.29, 1.82) is 0 Å². The van der Waals surface area contributed by atoms with Crippen LogP contribution >= 0.6 is 11.8 Å². The molecule has 26 heavy (non-hydrogen) atoms. The van der Waals surface area contributed by atoms with E-state index in [1.807, 2.05) is 48.5 Å². The van der Waals surface area contributed by atoms with E-state index in [1.165, 1.54) is 30.3 Å². The Bertz CT molecular complexity index is 816. The van der Waals surface area contributed by atoms with Crippen LogP contribution in [0.4, 0.5) is 17.1 Å². The van der Waals surface area contributed by atoms with E-state index in [2.05, 4.69) is 15.5 Å². The van der Waals surface area contributed by atoms with Gasteiger partial charge in [0, 0.05) is 35.8 Å². The van der Waals surface area contributed by atoms with E-state index in [1.54, 1.807) is 0 Å². The lowest BCUT2D eigenvalue weighted by molar-refractivity contribution is -0.120. The van der Waals surface area contributed by atoms with Crippen molar-refractivity contribution in [3.8, 4) is 0 Å². The van der Waals surface area contributed by atoms with Crippen molar-refractivity contribution in [2.24, 2.45) is 0 Å². The number of rotatable bonds is 4. The summed E-state index contributed by atoms with van der Waals surface area (Å²) in [5.41, 5.74) is 2.77. The van der Waals surface area contributed by atoms with Crippen LogP contribution in [0.1, 0.15) is 19.3 Å². The topological polar surface area (TPSA) is 61.4 Å². The number of thioether (sulfide) groups is 1. The Hall–Kier alpha value is -2.47. The first-order valence-electron chi connectivity index (χ1n) is 8.90. The van der Waals surface area contributed by atoms with Gasteiger partial charge in [0.1, 0.15) is 0 Å². The number of carbonyl (C=O) groups excluding carboxylic acids is 2. The second kappa shape index (κ2) is 7.41. The highest BCUT2D eigenvalue weighted by Crippen LogP contribution is 2.36. The van der Waals surface area contributed by atoms with Gasteiger partial charge in [-0.1, -0.05) is 12.1 Å². The largest absolute Gasteiger partial charge is 0.372 e.